The van der Waals surface area contributed by atoms with Crippen molar-refractivity contribution in [2.75, 3.05) is 9.80 Å². The van der Waals surface area contributed by atoms with E-state index >= 15 is 0 Å². The van der Waals surface area contributed by atoms with Crippen molar-refractivity contribution in [1.29, 1.82) is 0 Å². The number of hydrogen-bond acceptors (Lipinski definition) is 5. The molecule has 0 aliphatic carbocycles. The third-order valence-electron chi connectivity index (χ3n) is 11.2. The molecule has 0 aliphatic heterocycles. The van der Waals surface area contributed by atoms with Gasteiger partial charge in [-0.25, -0.2) is 0 Å². The third-order valence-corrected chi connectivity index (χ3v) is 11.2. The first-order valence-corrected chi connectivity index (χ1v) is 19.2. The zero-order valence-electron chi connectivity index (χ0n) is 30.6. The molecule has 0 unspecified atom stereocenters. The summed E-state index contributed by atoms with van der Waals surface area (Å²) in [5.74, 6) is 0. The van der Waals surface area contributed by atoms with Crippen molar-refractivity contribution in [3.8, 4) is 0 Å². The fourth-order valence-corrected chi connectivity index (χ4v) is 8.60. The van der Waals surface area contributed by atoms with Gasteiger partial charge in [0.1, 0.15) is 33.5 Å². The lowest BCUT2D eigenvalue weighted by Crippen LogP contribution is -2.13. The smallest absolute Gasteiger partial charge is 0.139 e. The summed E-state index contributed by atoms with van der Waals surface area (Å²) in [5, 5.41) is 8.67. The van der Waals surface area contributed by atoms with E-state index in [9.17, 15) is 0 Å². The molecule has 12 aromatic rings. The van der Waals surface area contributed by atoms with Crippen molar-refractivity contribution >= 4 is 111 Å². The Hall–Kier alpha value is -7.76. The van der Waals surface area contributed by atoms with Crippen LogP contribution >= 0.6 is 0 Å². The number of anilines is 6. The molecular weight excluding hydrogens is 701 g/mol. The summed E-state index contributed by atoms with van der Waals surface area (Å²) in [6.07, 6.45) is 0. The van der Waals surface area contributed by atoms with Crippen LogP contribution < -0.4 is 9.80 Å². The van der Waals surface area contributed by atoms with Crippen molar-refractivity contribution in [2.45, 2.75) is 0 Å². The summed E-state index contributed by atoms with van der Waals surface area (Å²) in [4.78, 5) is 4.66. The summed E-state index contributed by atoms with van der Waals surface area (Å²) >= 11 is 0. The summed E-state index contributed by atoms with van der Waals surface area (Å²) in [6.45, 7) is 0. The van der Waals surface area contributed by atoms with E-state index in [-0.39, 0.29) is 0 Å². The van der Waals surface area contributed by atoms with Gasteiger partial charge >= 0.3 is 0 Å². The van der Waals surface area contributed by atoms with Crippen LogP contribution in [-0.4, -0.2) is 0 Å². The second-order valence-corrected chi connectivity index (χ2v) is 14.5. The molecule has 57 heavy (non-hydrogen) atoms. The lowest BCUT2D eigenvalue weighted by molar-refractivity contribution is 0.668. The van der Waals surface area contributed by atoms with E-state index in [1.165, 1.54) is 0 Å². The fraction of sp³-hybridized carbons (Fsp3) is 0. The van der Waals surface area contributed by atoms with Gasteiger partial charge in [-0.3, -0.25) is 0 Å². The molecule has 3 aromatic heterocycles. The number of para-hydroxylation sites is 4. The Labute approximate surface area is 326 Å². The Bertz CT molecular complexity index is 3490. The molecular formula is C52H32N2O3. The van der Waals surface area contributed by atoms with Gasteiger partial charge in [-0.05, 0) is 102 Å². The molecule has 0 saturated carbocycles. The van der Waals surface area contributed by atoms with E-state index in [1.54, 1.807) is 0 Å². The first kappa shape index (κ1) is 31.6. The zero-order chi connectivity index (χ0) is 37.5. The van der Waals surface area contributed by atoms with Crippen LogP contribution in [0, 0.1) is 0 Å². The second kappa shape index (κ2) is 12.4. The number of furan rings is 3. The van der Waals surface area contributed by atoms with Crippen molar-refractivity contribution in [1.82, 2.24) is 0 Å². The molecule has 0 aliphatic rings. The van der Waals surface area contributed by atoms with Crippen LogP contribution in [0.4, 0.5) is 34.1 Å². The predicted molar refractivity (Wildman–Crippen MR) is 235 cm³/mol. The van der Waals surface area contributed by atoms with E-state index in [1.807, 2.05) is 24.3 Å². The molecule has 0 amide bonds. The highest BCUT2D eigenvalue weighted by Crippen LogP contribution is 2.49. The van der Waals surface area contributed by atoms with Crippen molar-refractivity contribution < 1.29 is 13.3 Å². The topological polar surface area (TPSA) is 45.9 Å². The first-order valence-electron chi connectivity index (χ1n) is 19.2. The van der Waals surface area contributed by atoms with Gasteiger partial charge in [-0.2, -0.15) is 0 Å². The van der Waals surface area contributed by atoms with Crippen LogP contribution in [0.2, 0.25) is 0 Å². The zero-order valence-corrected chi connectivity index (χ0v) is 30.6. The highest BCUT2D eigenvalue weighted by atomic mass is 16.3. The van der Waals surface area contributed by atoms with Crippen LogP contribution in [0.1, 0.15) is 0 Å². The number of hydrogen-bond donors (Lipinski definition) is 0. The van der Waals surface area contributed by atoms with Gasteiger partial charge < -0.3 is 23.1 Å². The third kappa shape index (κ3) is 5.03. The maximum atomic E-state index is 6.93. The van der Waals surface area contributed by atoms with Gasteiger partial charge in [-0.15, -0.1) is 0 Å². The molecule has 0 spiro atoms. The fourth-order valence-electron chi connectivity index (χ4n) is 8.60. The standard InChI is InChI=1S/C52H32N2O3/c1-3-15-35(16-4-1)53(37-23-25-48-42(29-37)40-19-9-11-21-46(40)55-48)39-31-45(52-44-27-33-13-7-8-14-34(33)28-50(44)57-51(52)32-39)54(36-17-5-2-6-18-36)38-24-26-49-43(30-38)41-20-10-12-22-47(41)56-49/h1-32H. The molecule has 0 fully saturated rings. The maximum Gasteiger partial charge on any atom is 0.139 e. The Balaban J connectivity index is 1.18. The minimum atomic E-state index is 0.791. The van der Waals surface area contributed by atoms with Gasteiger partial charge in [0.05, 0.1) is 16.8 Å². The van der Waals surface area contributed by atoms with Gasteiger partial charge in [0.15, 0.2) is 0 Å². The molecule has 0 N–H and O–H groups in total. The van der Waals surface area contributed by atoms with Gasteiger partial charge in [0, 0.05) is 55.7 Å². The lowest BCUT2D eigenvalue weighted by Gasteiger charge is -2.30. The molecule has 0 radical (unpaired) electrons. The van der Waals surface area contributed by atoms with E-state index in [2.05, 4.69) is 180 Å². The highest BCUT2D eigenvalue weighted by molar-refractivity contribution is 6.18. The Kier molecular flexibility index (Phi) is 6.86. The SMILES string of the molecule is c1ccc(N(c2cc(N(c3ccccc3)c3ccc4oc5ccccc5c4c3)c3c(c2)oc2cc4ccccc4cc23)c2ccc3oc4ccccc4c3c2)cc1. The molecule has 5 nitrogen and oxygen atoms in total. The largest absolute Gasteiger partial charge is 0.456 e. The van der Waals surface area contributed by atoms with E-state index in [0.717, 1.165) is 111 Å². The molecule has 12 rings (SSSR count). The minimum absolute atomic E-state index is 0.791. The van der Waals surface area contributed by atoms with Crippen LogP contribution in [0.5, 0.6) is 0 Å². The molecule has 0 saturated heterocycles. The van der Waals surface area contributed by atoms with Crippen molar-refractivity contribution in [2.24, 2.45) is 0 Å². The molecule has 9 aromatic carbocycles. The van der Waals surface area contributed by atoms with Crippen LogP contribution in [0.15, 0.2) is 207 Å². The minimum Gasteiger partial charge on any atom is -0.456 e. The first-order chi connectivity index (χ1) is 28.2. The Morgan fingerprint density at radius 1 is 0.263 bits per heavy atom. The molecule has 3 heterocycles. The molecule has 0 bridgehead atoms. The summed E-state index contributed by atoms with van der Waals surface area (Å²) in [6, 6.07) is 67.9. The summed E-state index contributed by atoms with van der Waals surface area (Å²) in [5.41, 5.74) is 11.1. The number of nitrogens with zero attached hydrogens (tertiary/aromatic N) is 2. The highest BCUT2D eigenvalue weighted by Gasteiger charge is 2.25. The molecule has 5 heteroatoms. The van der Waals surface area contributed by atoms with Crippen molar-refractivity contribution in [3.63, 3.8) is 0 Å². The van der Waals surface area contributed by atoms with Gasteiger partial charge in [0.25, 0.3) is 0 Å². The average Bonchev–Trinajstić information content (AvgIpc) is 3.94. The quantitative estimate of drug-likeness (QED) is 0.170. The van der Waals surface area contributed by atoms with E-state index < -0.39 is 0 Å². The number of fused-ring (bicyclic) bond motifs is 10. The second-order valence-electron chi connectivity index (χ2n) is 14.5. The van der Waals surface area contributed by atoms with E-state index in [4.69, 9.17) is 13.3 Å². The Morgan fingerprint density at radius 3 is 1.39 bits per heavy atom. The molecule has 268 valence electrons. The summed E-state index contributed by atoms with van der Waals surface area (Å²) in [7, 11) is 0. The maximum absolute atomic E-state index is 6.93. The summed E-state index contributed by atoms with van der Waals surface area (Å²) < 4.78 is 19.5. The number of benzene rings is 9. The van der Waals surface area contributed by atoms with Gasteiger partial charge in [-0.1, -0.05) is 97.1 Å². The molecule has 0 atom stereocenters. The monoisotopic (exact) mass is 732 g/mol. The Morgan fingerprint density at radius 2 is 0.754 bits per heavy atom. The van der Waals surface area contributed by atoms with Crippen LogP contribution in [0.25, 0.3) is 76.6 Å². The van der Waals surface area contributed by atoms with Crippen LogP contribution in [-0.2, 0) is 0 Å². The predicted octanol–water partition coefficient (Wildman–Crippen LogP) is 15.5. The van der Waals surface area contributed by atoms with Gasteiger partial charge in [0.2, 0.25) is 0 Å². The lowest BCUT2D eigenvalue weighted by atomic mass is 10.0. The average molecular weight is 733 g/mol. The van der Waals surface area contributed by atoms with Crippen molar-refractivity contribution in [3.05, 3.63) is 194 Å². The van der Waals surface area contributed by atoms with E-state index in [0.29, 0.717) is 0 Å². The number of rotatable bonds is 6. The normalized spacial score (nSPS) is 11.9. The van der Waals surface area contributed by atoms with Crippen LogP contribution in [0.3, 0.4) is 0 Å².